The summed E-state index contributed by atoms with van der Waals surface area (Å²) in [5.74, 6) is 1.27. The minimum atomic E-state index is 0.0823. The average molecular weight is 277 g/mol. The maximum Gasteiger partial charge on any atom is 0.256 e. The quantitative estimate of drug-likeness (QED) is 0.773. The minimum Gasteiger partial charge on any atom is -0.307 e. The molecule has 0 unspecified atom stereocenters. The van der Waals surface area contributed by atoms with Gasteiger partial charge < -0.3 is 5.32 Å². The van der Waals surface area contributed by atoms with E-state index in [4.69, 9.17) is 11.6 Å². The molecule has 0 saturated carbocycles. The SMILES string of the molecule is Cn1ccc(Nc2nc(Cl)nc(-n3cccn3)n2)n1. The number of halogens is 1. The van der Waals surface area contributed by atoms with Crippen molar-refractivity contribution in [3.63, 3.8) is 0 Å². The smallest absolute Gasteiger partial charge is 0.256 e. The highest BCUT2D eigenvalue weighted by atomic mass is 35.5. The molecule has 0 amide bonds. The second kappa shape index (κ2) is 4.65. The van der Waals surface area contributed by atoms with Gasteiger partial charge in [0.1, 0.15) is 0 Å². The Balaban J connectivity index is 1.94. The molecule has 1 N–H and O–H groups in total. The molecule has 9 heteroatoms. The van der Waals surface area contributed by atoms with Crippen LogP contribution in [0.1, 0.15) is 0 Å². The van der Waals surface area contributed by atoms with Gasteiger partial charge in [0.25, 0.3) is 5.95 Å². The monoisotopic (exact) mass is 276 g/mol. The first-order chi connectivity index (χ1) is 9.20. The van der Waals surface area contributed by atoms with Crippen LogP contribution in [0.3, 0.4) is 0 Å². The van der Waals surface area contributed by atoms with Gasteiger partial charge in [0.05, 0.1) is 0 Å². The Bertz CT molecular complexity index is 689. The van der Waals surface area contributed by atoms with Gasteiger partial charge >= 0.3 is 0 Å². The summed E-state index contributed by atoms with van der Waals surface area (Å²) in [6.07, 6.45) is 5.15. The number of hydrogen-bond donors (Lipinski definition) is 1. The van der Waals surface area contributed by atoms with Crippen molar-refractivity contribution in [1.82, 2.24) is 34.5 Å². The fraction of sp³-hybridized carbons (Fsp3) is 0.100. The summed E-state index contributed by atoms with van der Waals surface area (Å²) in [5.41, 5.74) is 0. The predicted molar refractivity (Wildman–Crippen MR) is 68.4 cm³/mol. The van der Waals surface area contributed by atoms with Gasteiger partial charge in [-0.3, -0.25) is 4.68 Å². The highest BCUT2D eigenvalue weighted by Crippen LogP contribution is 2.13. The van der Waals surface area contributed by atoms with E-state index >= 15 is 0 Å². The molecule has 0 aliphatic carbocycles. The Morgan fingerprint density at radius 1 is 1.21 bits per heavy atom. The van der Waals surface area contributed by atoms with Crippen molar-refractivity contribution in [3.8, 4) is 5.95 Å². The van der Waals surface area contributed by atoms with Crippen LogP contribution < -0.4 is 5.32 Å². The summed E-state index contributed by atoms with van der Waals surface area (Å²) in [7, 11) is 1.82. The molecular weight excluding hydrogens is 268 g/mol. The topological polar surface area (TPSA) is 86.3 Å². The Hall–Kier alpha value is -2.48. The van der Waals surface area contributed by atoms with Crippen molar-refractivity contribution >= 4 is 23.4 Å². The van der Waals surface area contributed by atoms with Crippen LogP contribution in [0.25, 0.3) is 5.95 Å². The summed E-state index contributed by atoms with van der Waals surface area (Å²) < 4.78 is 3.16. The van der Waals surface area contributed by atoms with Crippen molar-refractivity contribution in [1.29, 1.82) is 0 Å². The Morgan fingerprint density at radius 3 is 2.79 bits per heavy atom. The van der Waals surface area contributed by atoms with E-state index in [2.05, 4.69) is 30.5 Å². The predicted octanol–water partition coefficient (Wildman–Crippen LogP) is 1.19. The van der Waals surface area contributed by atoms with Crippen molar-refractivity contribution < 1.29 is 0 Å². The largest absolute Gasteiger partial charge is 0.307 e. The molecule has 0 radical (unpaired) electrons. The van der Waals surface area contributed by atoms with Crippen molar-refractivity contribution in [3.05, 3.63) is 36.0 Å². The summed E-state index contributed by atoms with van der Waals surface area (Å²) in [5, 5.41) is 11.2. The molecule has 0 fully saturated rings. The first-order valence-electron chi connectivity index (χ1n) is 5.39. The first kappa shape index (κ1) is 11.6. The zero-order chi connectivity index (χ0) is 13.2. The van der Waals surface area contributed by atoms with E-state index in [9.17, 15) is 0 Å². The van der Waals surface area contributed by atoms with Gasteiger partial charge in [-0.15, -0.1) is 0 Å². The van der Waals surface area contributed by atoms with Crippen LogP contribution in [-0.4, -0.2) is 34.5 Å². The second-order valence-corrected chi connectivity index (χ2v) is 4.02. The lowest BCUT2D eigenvalue weighted by Crippen LogP contribution is -2.07. The van der Waals surface area contributed by atoms with Gasteiger partial charge in [-0.25, -0.2) is 4.68 Å². The van der Waals surface area contributed by atoms with Gasteiger partial charge in [-0.05, 0) is 17.7 Å². The second-order valence-electron chi connectivity index (χ2n) is 3.68. The third-order valence-corrected chi connectivity index (χ3v) is 2.43. The van der Waals surface area contributed by atoms with Crippen LogP contribution in [0.2, 0.25) is 5.28 Å². The molecular formula is C10H9ClN8. The molecule has 0 atom stereocenters. The van der Waals surface area contributed by atoms with Crippen molar-refractivity contribution in [2.24, 2.45) is 7.05 Å². The van der Waals surface area contributed by atoms with Crippen LogP contribution in [0.15, 0.2) is 30.7 Å². The van der Waals surface area contributed by atoms with Crippen molar-refractivity contribution in [2.75, 3.05) is 5.32 Å². The van der Waals surface area contributed by atoms with Gasteiger partial charge in [0, 0.05) is 31.7 Å². The van der Waals surface area contributed by atoms with E-state index in [-0.39, 0.29) is 5.28 Å². The average Bonchev–Trinajstić information content (AvgIpc) is 3.00. The fourth-order valence-corrected chi connectivity index (χ4v) is 1.64. The van der Waals surface area contributed by atoms with Crippen LogP contribution in [0, 0.1) is 0 Å². The zero-order valence-corrected chi connectivity index (χ0v) is 10.7. The van der Waals surface area contributed by atoms with E-state index in [1.807, 2.05) is 7.05 Å². The third-order valence-electron chi connectivity index (χ3n) is 2.26. The zero-order valence-electron chi connectivity index (χ0n) is 9.90. The maximum atomic E-state index is 5.87. The number of nitrogens with zero attached hydrogens (tertiary/aromatic N) is 7. The summed E-state index contributed by atoms with van der Waals surface area (Å²) in [4.78, 5) is 12.2. The summed E-state index contributed by atoms with van der Waals surface area (Å²) in [6, 6.07) is 3.56. The number of nitrogens with one attached hydrogen (secondary N) is 1. The molecule has 0 saturated heterocycles. The Morgan fingerprint density at radius 2 is 2.11 bits per heavy atom. The summed E-state index contributed by atoms with van der Waals surface area (Å²) in [6.45, 7) is 0. The standard InChI is InChI=1S/C10H9ClN8/c1-18-6-3-7(17-18)13-9-14-8(11)15-10(16-9)19-5-2-4-12-19/h2-6H,1H3,(H,13,14,15,16,17). The van der Waals surface area contributed by atoms with E-state index < -0.39 is 0 Å². The molecule has 0 bridgehead atoms. The number of aromatic nitrogens is 7. The van der Waals surface area contributed by atoms with Crippen LogP contribution in [0.4, 0.5) is 11.8 Å². The lowest BCUT2D eigenvalue weighted by molar-refractivity contribution is 0.769. The molecule has 0 spiro atoms. The number of hydrogen-bond acceptors (Lipinski definition) is 6. The molecule has 3 aromatic rings. The van der Waals surface area contributed by atoms with Gasteiger partial charge in [-0.1, -0.05) is 0 Å². The molecule has 0 aromatic carbocycles. The molecule has 3 aromatic heterocycles. The maximum absolute atomic E-state index is 5.87. The fourth-order valence-electron chi connectivity index (χ4n) is 1.48. The summed E-state index contributed by atoms with van der Waals surface area (Å²) >= 11 is 5.87. The first-order valence-corrected chi connectivity index (χ1v) is 5.77. The van der Waals surface area contributed by atoms with E-state index in [1.54, 1.807) is 35.4 Å². The van der Waals surface area contributed by atoms with Crippen LogP contribution in [0.5, 0.6) is 0 Å². The molecule has 0 aliphatic rings. The molecule has 19 heavy (non-hydrogen) atoms. The molecule has 8 nitrogen and oxygen atoms in total. The molecule has 0 aliphatic heterocycles. The lowest BCUT2D eigenvalue weighted by atomic mass is 10.6. The van der Waals surface area contributed by atoms with Gasteiger partial charge in [-0.2, -0.15) is 25.1 Å². The third kappa shape index (κ3) is 2.52. The van der Waals surface area contributed by atoms with Gasteiger partial charge in [0.15, 0.2) is 5.82 Å². The number of anilines is 2. The number of rotatable bonds is 3. The van der Waals surface area contributed by atoms with Crippen molar-refractivity contribution in [2.45, 2.75) is 0 Å². The van der Waals surface area contributed by atoms with Crippen LogP contribution >= 0.6 is 11.6 Å². The molecule has 3 heterocycles. The normalized spacial score (nSPS) is 10.6. The Kier molecular flexibility index (Phi) is 2.84. The lowest BCUT2D eigenvalue weighted by Gasteiger charge is -2.04. The Labute approximate surface area is 113 Å². The van der Waals surface area contributed by atoms with E-state index in [0.29, 0.717) is 17.7 Å². The molecule has 3 rings (SSSR count). The van der Waals surface area contributed by atoms with Gasteiger partial charge in [0.2, 0.25) is 11.2 Å². The highest BCUT2D eigenvalue weighted by Gasteiger charge is 2.08. The molecule has 96 valence electrons. The van der Waals surface area contributed by atoms with Crippen LogP contribution in [-0.2, 0) is 7.05 Å². The van der Waals surface area contributed by atoms with E-state index in [1.165, 1.54) is 4.68 Å². The number of aryl methyl sites for hydroxylation is 1. The van der Waals surface area contributed by atoms with E-state index in [0.717, 1.165) is 0 Å². The minimum absolute atomic E-state index is 0.0823. The highest BCUT2D eigenvalue weighted by molar-refractivity contribution is 6.28.